The van der Waals surface area contributed by atoms with Crippen molar-refractivity contribution in [2.24, 2.45) is 13.0 Å². The van der Waals surface area contributed by atoms with Gasteiger partial charge in [-0.15, -0.1) is 10.2 Å². The number of imidazole rings is 1. The fourth-order valence-electron chi connectivity index (χ4n) is 6.23. The molecule has 0 bridgehead atoms. The summed E-state index contributed by atoms with van der Waals surface area (Å²) in [4.78, 5) is 27.2. The van der Waals surface area contributed by atoms with Crippen molar-refractivity contribution in [3.8, 4) is 5.69 Å². The summed E-state index contributed by atoms with van der Waals surface area (Å²) in [5, 5.41) is 8.40. The number of amides is 1. The molecule has 2 fully saturated rings. The van der Waals surface area contributed by atoms with E-state index in [-0.39, 0.29) is 23.3 Å². The fourth-order valence-corrected chi connectivity index (χ4v) is 6.23. The third-order valence-electron chi connectivity index (χ3n) is 8.59. The zero-order valence-electron chi connectivity index (χ0n) is 22.4. The summed E-state index contributed by atoms with van der Waals surface area (Å²) in [5.41, 5.74) is 0.221. The van der Waals surface area contributed by atoms with Crippen LogP contribution in [-0.2, 0) is 18.0 Å². The lowest BCUT2D eigenvalue weighted by atomic mass is 9.72. The Morgan fingerprint density at radius 1 is 1.10 bits per heavy atom. The number of pyridine rings is 1. The summed E-state index contributed by atoms with van der Waals surface area (Å²) in [6, 6.07) is 8.56. The van der Waals surface area contributed by atoms with E-state index in [0.29, 0.717) is 43.1 Å². The van der Waals surface area contributed by atoms with Crippen LogP contribution in [0.1, 0.15) is 73.4 Å². The van der Waals surface area contributed by atoms with Crippen LogP contribution in [0.3, 0.4) is 0 Å². The lowest BCUT2D eigenvalue weighted by Crippen LogP contribution is -2.37. The summed E-state index contributed by atoms with van der Waals surface area (Å²) in [7, 11) is 1.90. The van der Waals surface area contributed by atoms with E-state index >= 15 is 0 Å². The first-order valence-electron chi connectivity index (χ1n) is 13.7. The lowest BCUT2D eigenvalue weighted by molar-refractivity contribution is -0.136. The molecule has 0 spiro atoms. The molecule has 210 valence electrons. The highest BCUT2D eigenvalue weighted by Gasteiger charge is 2.36. The highest BCUT2D eigenvalue weighted by atomic mass is 19.4. The molecule has 8 nitrogen and oxygen atoms in total. The Hall–Kier alpha value is -3.89. The molecule has 1 amide bonds. The molecule has 0 radical (unpaired) electrons. The van der Waals surface area contributed by atoms with Crippen molar-refractivity contribution in [1.29, 1.82) is 0 Å². The summed E-state index contributed by atoms with van der Waals surface area (Å²) in [6.45, 7) is 2.38. The molecule has 2 aliphatic rings. The number of fused-ring (bicyclic) bond motifs is 1. The third-order valence-corrected chi connectivity index (χ3v) is 8.59. The molecule has 4 heterocycles. The van der Waals surface area contributed by atoms with Crippen molar-refractivity contribution in [3.63, 3.8) is 0 Å². The van der Waals surface area contributed by atoms with Crippen molar-refractivity contribution in [1.82, 2.24) is 28.6 Å². The van der Waals surface area contributed by atoms with Gasteiger partial charge in [0.25, 0.3) is 0 Å². The van der Waals surface area contributed by atoms with Gasteiger partial charge in [0, 0.05) is 51.3 Å². The number of hydrogen-bond donors (Lipinski definition) is 0. The van der Waals surface area contributed by atoms with Gasteiger partial charge in [-0.25, -0.2) is 4.79 Å². The largest absolute Gasteiger partial charge is 0.418 e. The maximum atomic E-state index is 14.3. The second-order valence-corrected chi connectivity index (χ2v) is 11.1. The zero-order chi connectivity index (χ0) is 28.2. The Kier molecular flexibility index (Phi) is 6.54. The van der Waals surface area contributed by atoms with Crippen molar-refractivity contribution in [2.45, 2.75) is 57.0 Å². The number of aryl methyl sites for hydroxylation is 1. The third kappa shape index (κ3) is 4.61. The average Bonchev–Trinajstić information content (AvgIpc) is 3.47. The van der Waals surface area contributed by atoms with Gasteiger partial charge in [-0.1, -0.05) is 18.6 Å². The van der Waals surface area contributed by atoms with Gasteiger partial charge in [0.2, 0.25) is 5.91 Å². The minimum absolute atomic E-state index is 0.0261. The van der Waals surface area contributed by atoms with Crippen molar-refractivity contribution in [3.05, 3.63) is 82.1 Å². The lowest BCUT2D eigenvalue weighted by Gasteiger charge is -2.33. The van der Waals surface area contributed by atoms with Crippen LogP contribution in [0.4, 0.5) is 13.2 Å². The molecule has 40 heavy (non-hydrogen) atoms. The first kappa shape index (κ1) is 26.3. The number of rotatable bonds is 5. The van der Waals surface area contributed by atoms with Gasteiger partial charge in [0.15, 0.2) is 0 Å². The van der Waals surface area contributed by atoms with E-state index in [1.807, 2.05) is 29.8 Å². The second-order valence-electron chi connectivity index (χ2n) is 11.1. The Balaban J connectivity index is 1.45. The van der Waals surface area contributed by atoms with Crippen molar-refractivity contribution < 1.29 is 18.0 Å². The van der Waals surface area contributed by atoms with E-state index in [2.05, 4.69) is 10.2 Å². The zero-order valence-corrected chi connectivity index (χ0v) is 22.4. The first-order valence-corrected chi connectivity index (χ1v) is 13.7. The van der Waals surface area contributed by atoms with Gasteiger partial charge in [-0.3, -0.25) is 13.8 Å². The minimum Gasteiger partial charge on any atom is -0.342 e. The van der Waals surface area contributed by atoms with Gasteiger partial charge < -0.3 is 9.47 Å². The topological polar surface area (TPSA) is 77.4 Å². The quantitative estimate of drug-likeness (QED) is 0.353. The van der Waals surface area contributed by atoms with Gasteiger partial charge >= 0.3 is 11.9 Å². The number of carbonyl (C=O) groups is 1. The van der Waals surface area contributed by atoms with Crippen LogP contribution in [0.15, 0.2) is 53.8 Å². The predicted octanol–water partition coefficient (Wildman–Crippen LogP) is 4.90. The van der Waals surface area contributed by atoms with Crippen LogP contribution in [0, 0.1) is 5.92 Å². The van der Waals surface area contributed by atoms with Gasteiger partial charge in [0.1, 0.15) is 12.2 Å². The number of alkyl halides is 3. The van der Waals surface area contributed by atoms with E-state index in [1.54, 1.807) is 17.3 Å². The van der Waals surface area contributed by atoms with E-state index < -0.39 is 17.4 Å². The second kappa shape index (κ2) is 9.94. The number of likely N-dealkylation sites (tertiary alicyclic amines) is 1. The molecule has 0 N–H and O–H groups in total. The first-order chi connectivity index (χ1) is 19.1. The summed E-state index contributed by atoms with van der Waals surface area (Å²) >= 11 is 0. The molecule has 11 heteroatoms. The van der Waals surface area contributed by atoms with Crippen LogP contribution >= 0.6 is 0 Å². The van der Waals surface area contributed by atoms with Gasteiger partial charge in [0.05, 0.1) is 16.8 Å². The standard InChI is InChI=1S/C29H31F3N6O2/c1-18(39)36-11-5-9-21(14-36)22-13-24(29(30,31)32)25-16-37(28(40)38(25)15-22)23-10-4-8-20(12-23)26(19-6-3-7-19)27-34-33-17-35(27)2/h4,8,10,12-13,15-17,19,21,26H,3,5-7,9,11,14H2,1-2H3/t21-,26+/m0/s1. The Morgan fingerprint density at radius 2 is 1.90 bits per heavy atom. The predicted molar refractivity (Wildman–Crippen MR) is 142 cm³/mol. The molecule has 1 saturated carbocycles. The molecule has 4 aromatic rings. The average molecular weight is 553 g/mol. The maximum Gasteiger partial charge on any atom is 0.418 e. The van der Waals surface area contributed by atoms with Gasteiger partial charge in [-0.2, -0.15) is 13.2 Å². The number of aromatic nitrogens is 5. The van der Waals surface area contributed by atoms with E-state index in [9.17, 15) is 22.8 Å². The van der Waals surface area contributed by atoms with Crippen molar-refractivity contribution in [2.75, 3.05) is 13.1 Å². The molecule has 1 aliphatic carbocycles. The molecule has 0 unspecified atom stereocenters. The number of halogens is 3. The Morgan fingerprint density at radius 3 is 2.55 bits per heavy atom. The van der Waals surface area contributed by atoms with Crippen LogP contribution in [0.25, 0.3) is 11.2 Å². The molecular formula is C29H31F3N6O2. The molecule has 2 atom stereocenters. The highest BCUT2D eigenvalue weighted by molar-refractivity contribution is 5.73. The molecule has 6 rings (SSSR count). The van der Waals surface area contributed by atoms with Crippen molar-refractivity contribution >= 4 is 11.4 Å². The normalized spacial score (nSPS) is 19.1. The molecule has 1 aliphatic heterocycles. The van der Waals surface area contributed by atoms with Crippen LogP contribution in [0.5, 0.6) is 0 Å². The van der Waals surface area contributed by atoms with E-state index in [4.69, 9.17) is 0 Å². The van der Waals surface area contributed by atoms with Crippen LogP contribution in [-0.4, -0.2) is 47.6 Å². The minimum atomic E-state index is -4.66. The smallest absolute Gasteiger partial charge is 0.342 e. The fraction of sp³-hybridized carbons (Fsp3) is 0.448. The Labute approximate surface area is 229 Å². The molecular weight excluding hydrogens is 521 g/mol. The maximum absolute atomic E-state index is 14.3. The SMILES string of the molecule is CC(=O)N1CCC[C@H](c2cc(C(F)(F)F)c3cn(-c4cccc([C@H](c5nncn5C)C5CCC5)c4)c(=O)n3c2)C1. The molecule has 1 saturated heterocycles. The number of benzene rings is 1. The summed E-state index contributed by atoms with van der Waals surface area (Å²) in [6.07, 6.45) is 4.38. The number of carbonyl (C=O) groups excluding carboxylic acids is 1. The summed E-state index contributed by atoms with van der Waals surface area (Å²) < 4.78 is 47.2. The number of piperidine rings is 1. The monoisotopic (exact) mass is 552 g/mol. The number of nitrogens with zero attached hydrogens (tertiary/aromatic N) is 6. The van der Waals surface area contributed by atoms with Crippen LogP contribution in [0.2, 0.25) is 0 Å². The summed E-state index contributed by atoms with van der Waals surface area (Å²) in [5.74, 6) is 0.796. The Bertz CT molecular complexity index is 1630. The van der Waals surface area contributed by atoms with E-state index in [1.165, 1.54) is 23.9 Å². The van der Waals surface area contributed by atoms with E-state index in [0.717, 1.165) is 41.1 Å². The van der Waals surface area contributed by atoms with Gasteiger partial charge in [-0.05, 0) is 60.9 Å². The highest BCUT2D eigenvalue weighted by Crippen LogP contribution is 2.43. The van der Waals surface area contributed by atoms with Crippen LogP contribution < -0.4 is 5.69 Å². The molecule has 1 aromatic carbocycles. The molecule has 3 aromatic heterocycles. The number of hydrogen-bond acceptors (Lipinski definition) is 4.